The van der Waals surface area contributed by atoms with E-state index in [1.807, 2.05) is 24.3 Å². The van der Waals surface area contributed by atoms with Crippen molar-refractivity contribution in [3.63, 3.8) is 0 Å². The van der Waals surface area contributed by atoms with E-state index in [9.17, 15) is 0 Å². The maximum absolute atomic E-state index is 3.91. The van der Waals surface area contributed by atoms with Gasteiger partial charge in [0.25, 0.3) is 0 Å². The van der Waals surface area contributed by atoms with Crippen LogP contribution in [0, 0.1) is 0 Å². The smallest absolute Gasteiger partial charge is 0.143 e. The largest absolute Gasteiger partial charge is 0.383 e. The molecule has 0 atom stereocenters. The van der Waals surface area contributed by atoms with Crippen LogP contribution in [-0.2, 0) is 0 Å². The van der Waals surface area contributed by atoms with E-state index in [0.29, 0.717) is 0 Å². The molecule has 17 heavy (non-hydrogen) atoms. The SMILES string of the molecule is CCCCCNc1ccccc1-n1cnnn1. The van der Waals surface area contributed by atoms with Crippen LogP contribution in [0.4, 0.5) is 5.69 Å². The van der Waals surface area contributed by atoms with Crippen molar-refractivity contribution in [2.45, 2.75) is 26.2 Å². The third-order valence-corrected chi connectivity index (χ3v) is 2.60. The van der Waals surface area contributed by atoms with Crippen LogP contribution in [0.2, 0.25) is 0 Å². The predicted molar refractivity (Wildman–Crippen MR) is 67.2 cm³/mol. The maximum atomic E-state index is 3.91. The molecule has 0 fully saturated rings. The maximum Gasteiger partial charge on any atom is 0.143 e. The normalized spacial score (nSPS) is 10.4. The van der Waals surface area contributed by atoms with Crippen LogP contribution in [0.15, 0.2) is 30.6 Å². The Kier molecular flexibility index (Phi) is 4.07. The Morgan fingerprint density at radius 1 is 1.24 bits per heavy atom. The molecule has 0 spiro atoms. The molecule has 1 aromatic carbocycles. The molecular weight excluding hydrogens is 214 g/mol. The standard InChI is InChI=1S/C12H17N5/c1-2-3-6-9-13-11-7-4-5-8-12(11)17-10-14-15-16-17/h4-5,7-8,10,13H,2-3,6,9H2,1H3. The highest BCUT2D eigenvalue weighted by Crippen LogP contribution is 2.18. The number of anilines is 1. The summed E-state index contributed by atoms with van der Waals surface area (Å²) in [5.41, 5.74) is 2.05. The van der Waals surface area contributed by atoms with Crippen LogP contribution >= 0.6 is 0 Å². The first kappa shape index (κ1) is 11.6. The van der Waals surface area contributed by atoms with Gasteiger partial charge in [-0.3, -0.25) is 0 Å². The summed E-state index contributed by atoms with van der Waals surface area (Å²) in [6.07, 6.45) is 5.27. The first-order valence-electron chi connectivity index (χ1n) is 5.98. The molecule has 1 N–H and O–H groups in total. The van der Waals surface area contributed by atoms with Gasteiger partial charge in [-0.15, -0.1) is 5.10 Å². The van der Waals surface area contributed by atoms with Gasteiger partial charge in [-0.25, -0.2) is 0 Å². The number of nitrogens with one attached hydrogen (secondary N) is 1. The molecular formula is C12H17N5. The zero-order valence-corrected chi connectivity index (χ0v) is 10.0. The van der Waals surface area contributed by atoms with Crippen LogP contribution in [0.3, 0.4) is 0 Å². The molecule has 2 aromatic rings. The average Bonchev–Trinajstić information content (AvgIpc) is 2.89. The number of para-hydroxylation sites is 2. The fourth-order valence-corrected chi connectivity index (χ4v) is 1.69. The fourth-order valence-electron chi connectivity index (χ4n) is 1.69. The molecule has 5 nitrogen and oxygen atoms in total. The van der Waals surface area contributed by atoms with E-state index in [4.69, 9.17) is 0 Å². The van der Waals surface area contributed by atoms with Gasteiger partial charge in [0.1, 0.15) is 6.33 Å². The molecule has 0 amide bonds. The Morgan fingerprint density at radius 3 is 2.88 bits per heavy atom. The van der Waals surface area contributed by atoms with Gasteiger partial charge in [0.15, 0.2) is 0 Å². The second-order valence-corrected chi connectivity index (χ2v) is 3.91. The predicted octanol–water partition coefficient (Wildman–Crippen LogP) is 2.26. The van der Waals surface area contributed by atoms with E-state index < -0.39 is 0 Å². The monoisotopic (exact) mass is 231 g/mol. The van der Waals surface area contributed by atoms with Gasteiger partial charge in [0.2, 0.25) is 0 Å². The highest BCUT2D eigenvalue weighted by atomic mass is 15.5. The van der Waals surface area contributed by atoms with Gasteiger partial charge in [-0.2, -0.15) is 4.68 Å². The summed E-state index contributed by atoms with van der Waals surface area (Å²) in [6.45, 7) is 3.18. The molecule has 0 bridgehead atoms. The minimum Gasteiger partial charge on any atom is -0.383 e. The Labute approximate surface area is 101 Å². The van der Waals surface area contributed by atoms with E-state index in [-0.39, 0.29) is 0 Å². The fraction of sp³-hybridized carbons (Fsp3) is 0.417. The third-order valence-electron chi connectivity index (χ3n) is 2.60. The lowest BCUT2D eigenvalue weighted by Crippen LogP contribution is -2.06. The lowest BCUT2D eigenvalue weighted by Gasteiger charge is -2.10. The molecule has 5 heteroatoms. The van der Waals surface area contributed by atoms with Crippen molar-refractivity contribution < 1.29 is 0 Å². The van der Waals surface area contributed by atoms with Gasteiger partial charge in [0, 0.05) is 6.54 Å². The second kappa shape index (κ2) is 5.98. The molecule has 0 unspecified atom stereocenters. The van der Waals surface area contributed by atoms with Crippen LogP contribution in [0.25, 0.3) is 5.69 Å². The molecule has 0 aliphatic carbocycles. The molecule has 0 saturated heterocycles. The molecule has 0 radical (unpaired) electrons. The summed E-state index contributed by atoms with van der Waals surface area (Å²) in [4.78, 5) is 0. The first-order chi connectivity index (χ1) is 8.42. The lowest BCUT2D eigenvalue weighted by atomic mass is 10.2. The topological polar surface area (TPSA) is 55.6 Å². The van der Waals surface area contributed by atoms with Gasteiger partial charge in [0.05, 0.1) is 11.4 Å². The lowest BCUT2D eigenvalue weighted by molar-refractivity contribution is 0.741. The van der Waals surface area contributed by atoms with Gasteiger partial charge in [-0.1, -0.05) is 31.9 Å². The number of rotatable bonds is 6. The average molecular weight is 231 g/mol. The molecule has 0 aliphatic rings. The molecule has 90 valence electrons. The number of hydrogen-bond acceptors (Lipinski definition) is 4. The minimum absolute atomic E-state index is 0.979. The Balaban J connectivity index is 2.06. The number of tetrazole rings is 1. The Morgan fingerprint density at radius 2 is 2.12 bits per heavy atom. The Bertz CT molecular complexity index is 438. The number of unbranched alkanes of at least 4 members (excludes halogenated alkanes) is 2. The molecule has 2 rings (SSSR count). The second-order valence-electron chi connectivity index (χ2n) is 3.91. The molecule has 1 aromatic heterocycles. The van der Waals surface area contributed by atoms with E-state index in [0.717, 1.165) is 17.9 Å². The zero-order valence-electron chi connectivity index (χ0n) is 10.0. The first-order valence-corrected chi connectivity index (χ1v) is 5.98. The van der Waals surface area contributed by atoms with Crippen LogP contribution in [-0.4, -0.2) is 26.8 Å². The van der Waals surface area contributed by atoms with Crippen LogP contribution < -0.4 is 5.32 Å². The summed E-state index contributed by atoms with van der Waals surface area (Å²) < 4.78 is 1.67. The summed E-state index contributed by atoms with van der Waals surface area (Å²) >= 11 is 0. The number of benzene rings is 1. The summed E-state index contributed by atoms with van der Waals surface area (Å²) in [6, 6.07) is 8.03. The van der Waals surface area contributed by atoms with Crippen molar-refractivity contribution in [3.8, 4) is 5.69 Å². The van der Waals surface area contributed by atoms with E-state index >= 15 is 0 Å². The summed E-state index contributed by atoms with van der Waals surface area (Å²) in [5, 5.41) is 14.6. The van der Waals surface area contributed by atoms with E-state index in [1.165, 1.54) is 19.3 Å². The highest BCUT2D eigenvalue weighted by Gasteiger charge is 2.03. The van der Waals surface area contributed by atoms with Gasteiger partial charge in [-0.05, 0) is 29.0 Å². The summed E-state index contributed by atoms with van der Waals surface area (Å²) in [5.74, 6) is 0. The highest BCUT2D eigenvalue weighted by molar-refractivity contribution is 5.60. The van der Waals surface area contributed by atoms with Crippen molar-refractivity contribution in [2.75, 3.05) is 11.9 Å². The number of nitrogens with zero attached hydrogens (tertiary/aromatic N) is 4. The third kappa shape index (κ3) is 3.03. The molecule has 1 heterocycles. The van der Waals surface area contributed by atoms with Gasteiger partial charge < -0.3 is 5.32 Å². The Hall–Kier alpha value is -1.91. The zero-order chi connectivity index (χ0) is 11.9. The number of hydrogen-bond donors (Lipinski definition) is 1. The van der Waals surface area contributed by atoms with Crippen LogP contribution in [0.5, 0.6) is 0 Å². The van der Waals surface area contributed by atoms with E-state index in [1.54, 1.807) is 11.0 Å². The van der Waals surface area contributed by atoms with Crippen LogP contribution in [0.1, 0.15) is 26.2 Å². The van der Waals surface area contributed by atoms with Gasteiger partial charge >= 0.3 is 0 Å². The van der Waals surface area contributed by atoms with Crippen molar-refractivity contribution in [2.24, 2.45) is 0 Å². The summed E-state index contributed by atoms with van der Waals surface area (Å²) in [7, 11) is 0. The molecule has 0 aliphatic heterocycles. The van der Waals surface area contributed by atoms with Crippen molar-refractivity contribution in [1.82, 2.24) is 20.2 Å². The quantitative estimate of drug-likeness (QED) is 0.775. The van der Waals surface area contributed by atoms with Crippen molar-refractivity contribution >= 4 is 5.69 Å². The number of aromatic nitrogens is 4. The van der Waals surface area contributed by atoms with Crippen molar-refractivity contribution in [3.05, 3.63) is 30.6 Å². The van der Waals surface area contributed by atoms with E-state index in [2.05, 4.69) is 27.8 Å². The minimum atomic E-state index is 0.979. The van der Waals surface area contributed by atoms with Crippen molar-refractivity contribution in [1.29, 1.82) is 0 Å². The molecule has 0 saturated carbocycles.